The smallest absolute Gasteiger partial charge is 0.252 e. The first-order chi connectivity index (χ1) is 10.8. The number of nitrogens with zero attached hydrogens (tertiary/aromatic N) is 1. The first-order valence-corrected chi connectivity index (χ1v) is 9.53. The summed E-state index contributed by atoms with van der Waals surface area (Å²) in [7, 11) is -2.92. The van der Waals surface area contributed by atoms with E-state index < -0.39 is 9.84 Å². The quantitative estimate of drug-likeness (QED) is 0.933. The zero-order chi connectivity index (χ0) is 16.6. The minimum atomic E-state index is -2.92. The van der Waals surface area contributed by atoms with E-state index in [1.807, 2.05) is 32.0 Å². The molecule has 1 aromatic carbocycles. The van der Waals surface area contributed by atoms with Crippen molar-refractivity contribution in [2.75, 3.05) is 18.1 Å². The van der Waals surface area contributed by atoms with Crippen molar-refractivity contribution in [2.24, 2.45) is 5.92 Å². The molecule has 1 aliphatic rings. The zero-order valence-corrected chi connectivity index (χ0v) is 14.1. The van der Waals surface area contributed by atoms with Crippen molar-refractivity contribution in [3.63, 3.8) is 0 Å². The average Bonchev–Trinajstić information content (AvgIpc) is 2.84. The van der Waals surface area contributed by atoms with Crippen LogP contribution in [0.5, 0.6) is 0 Å². The Bertz CT molecular complexity index is 875. The molecule has 1 N–H and O–H groups in total. The summed E-state index contributed by atoms with van der Waals surface area (Å²) in [5.41, 5.74) is 3.25. The Kier molecular flexibility index (Phi) is 4.10. The van der Waals surface area contributed by atoms with E-state index >= 15 is 0 Å². The zero-order valence-electron chi connectivity index (χ0n) is 13.3. The standard InChI is InChI=1S/C17H20N2O3S/c1-11-3-4-16-14(7-11)15(8-12(2)19-16)17(20)18-9-13-5-6-23(21,22)10-13/h3-4,7-8,13H,5-6,9-10H2,1-2H3,(H,18,20). The number of aryl methyl sites for hydroxylation is 2. The predicted molar refractivity (Wildman–Crippen MR) is 90.3 cm³/mol. The Morgan fingerprint density at radius 1 is 1.30 bits per heavy atom. The minimum absolute atomic E-state index is 0.0138. The number of sulfone groups is 1. The summed E-state index contributed by atoms with van der Waals surface area (Å²) >= 11 is 0. The second-order valence-corrected chi connectivity index (χ2v) is 8.54. The fourth-order valence-corrected chi connectivity index (χ4v) is 4.89. The summed E-state index contributed by atoms with van der Waals surface area (Å²) < 4.78 is 23.0. The van der Waals surface area contributed by atoms with E-state index in [9.17, 15) is 13.2 Å². The van der Waals surface area contributed by atoms with Gasteiger partial charge < -0.3 is 5.32 Å². The fourth-order valence-electron chi connectivity index (χ4n) is 3.03. The second kappa shape index (κ2) is 5.92. The highest BCUT2D eigenvalue weighted by molar-refractivity contribution is 7.91. The lowest BCUT2D eigenvalue weighted by Gasteiger charge is -2.12. The molecule has 1 saturated heterocycles. The van der Waals surface area contributed by atoms with E-state index in [2.05, 4.69) is 10.3 Å². The number of aromatic nitrogens is 1. The summed E-state index contributed by atoms with van der Waals surface area (Å²) in [5.74, 6) is 0.238. The van der Waals surface area contributed by atoms with Crippen molar-refractivity contribution >= 4 is 26.6 Å². The lowest BCUT2D eigenvalue weighted by Crippen LogP contribution is -2.30. The number of benzene rings is 1. The molecular formula is C17H20N2O3S. The number of carbonyl (C=O) groups excluding carboxylic acids is 1. The number of hydrogen-bond donors (Lipinski definition) is 1. The maximum absolute atomic E-state index is 12.6. The van der Waals surface area contributed by atoms with E-state index in [0.29, 0.717) is 18.5 Å². The third kappa shape index (κ3) is 3.52. The summed E-state index contributed by atoms with van der Waals surface area (Å²) in [5, 5.41) is 3.71. The van der Waals surface area contributed by atoms with Gasteiger partial charge in [-0.15, -0.1) is 0 Å². The lowest BCUT2D eigenvalue weighted by molar-refractivity contribution is 0.0950. The summed E-state index contributed by atoms with van der Waals surface area (Å²) in [6.07, 6.45) is 0.623. The first-order valence-electron chi connectivity index (χ1n) is 7.71. The third-order valence-corrected chi connectivity index (χ3v) is 6.05. The topological polar surface area (TPSA) is 76.1 Å². The average molecular weight is 332 g/mol. The minimum Gasteiger partial charge on any atom is -0.352 e. The van der Waals surface area contributed by atoms with Crippen molar-refractivity contribution in [1.29, 1.82) is 0 Å². The van der Waals surface area contributed by atoms with Crippen LogP contribution in [0.25, 0.3) is 10.9 Å². The fraction of sp³-hybridized carbons (Fsp3) is 0.412. The number of carbonyl (C=O) groups is 1. The number of hydrogen-bond acceptors (Lipinski definition) is 4. The molecule has 5 nitrogen and oxygen atoms in total. The number of rotatable bonds is 3. The van der Waals surface area contributed by atoms with E-state index in [-0.39, 0.29) is 23.3 Å². The van der Waals surface area contributed by atoms with Crippen LogP contribution >= 0.6 is 0 Å². The molecule has 0 saturated carbocycles. The molecule has 1 unspecified atom stereocenters. The number of nitrogens with one attached hydrogen (secondary N) is 1. The maximum Gasteiger partial charge on any atom is 0.252 e. The van der Waals surface area contributed by atoms with Gasteiger partial charge in [-0.25, -0.2) is 8.42 Å². The molecule has 0 spiro atoms. The maximum atomic E-state index is 12.6. The van der Waals surface area contributed by atoms with Crippen molar-refractivity contribution < 1.29 is 13.2 Å². The van der Waals surface area contributed by atoms with Crippen molar-refractivity contribution in [3.05, 3.63) is 41.1 Å². The highest BCUT2D eigenvalue weighted by atomic mass is 32.2. The molecule has 122 valence electrons. The van der Waals surface area contributed by atoms with Crippen molar-refractivity contribution in [1.82, 2.24) is 10.3 Å². The van der Waals surface area contributed by atoms with Crippen LogP contribution in [-0.4, -0.2) is 37.4 Å². The summed E-state index contributed by atoms with van der Waals surface area (Å²) in [6, 6.07) is 7.62. The SMILES string of the molecule is Cc1ccc2nc(C)cc(C(=O)NCC3CCS(=O)(=O)C3)c2c1. The van der Waals surface area contributed by atoms with Crippen LogP contribution in [0.4, 0.5) is 0 Å². The first kappa shape index (κ1) is 15.9. The molecule has 0 bridgehead atoms. The van der Waals surface area contributed by atoms with Gasteiger partial charge in [0.15, 0.2) is 9.84 Å². The normalized spacial score (nSPS) is 19.8. The van der Waals surface area contributed by atoms with Gasteiger partial charge in [0.1, 0.15) is 0 Å². The van der Waals surface area contributed by atoms with Gasteiger partial charge in [0.2, 0.25) is 0 Å². The van der Waals surface area contributed by atoms with Crippen LogP contribution in [0.15, 0.2) is 24.3 Å². The van der Waals surface area contributed by atoms with Crippen molar-refractivity contribution in [3.8, 4) is 0 Å². The van der Waals surface area contributed by atoms with Crippen molar-refractivity contribution in [2.45, 2.75) is 20.3 Å². The molecule has 2 heterocycles. The van der Waals surface area contributed by atoms with E-state index in [0.717, 1.165) is 22.2 Å². The summed E-state index contributed by atoms with van der Waals surface area (Å²) in [4.78, 5) is 17.0. The third-order valence-electron chi connectivity index (χ3n) is 4.21. The van der Waals surface area contributed by atoms with E-state index in [1.165, 1.54) is 0 Å². The van der Waals surface area contributed by atoms with Gasteiger partial charge in [-0.1, -0.05) is 11.6 Å². The van der Waals surface area contributed by atoms with Crippen LogP contribution in [0.3, 0.4) is 0 Å². The highest BCUT2D eigenvalue weighted by Gasteiger charge is 2.28. The Morgan fingerprint density at radius 3 is 2.78 bits per heavy atom. The van der Waals surface area contributed by atoms with Crippen LogP contribution in [0, 0.1) is 19.8 Å². The Morgan fingerprint density at radius 2 is 2.09 bits per heavy atom. The number of amides is 1. The lowest BCUT2D eigenvalue weighted by atomic mass is 10.0. The Hall–Kier alpha value is -1.95. The van der Waals surface area contributed by atoms with Gasteiger partial charge in [-0.2, -0.15) is 0 Å². The van der Waals surface area contributed by atoms with E-state index in [1.54, 1.807) is 6.07 Å². The van der Waals surface area contributed by atoms with Crippen LogP contribution < -0.4 is 5.32 Å². The van der Waals surface area contributed by atoms with E-state index in [4.69, 9.17) is 0 Å². The molecule has 1 fully saturated rings. The molecule has 2 aromatic rings. The van der Waals surface area contributed by atoms with Crippen LogP contribution in [0.2, 0.25) is 0 Å². The van der Waals surface area contributed by atoms with Gasteiger partial charge in [-0.3, -0.25) is 9.78 Å². The Labute approximate surface area is 136 Å². The second-order valence-electron chi connectivity index (χ2n) is 6.31. The van der Waals surface area contributed by atoms with Crippen LogP contribution in [0.1, 0.15) is 28.0 Å². The molecule has 0 radical (unpaired) electrons. The monoisotopic (exact) mass is 332 g/mol. The highest BCUT2D eigenvalue weighted by Crippen LogP contribution is 2.21. The molecule has 6 heteroatoms. The van der Waals surface area contributed by atoms with Gasteiger partial charge in [0.25, 0.3) is 5.91 Å². The van der Waals surface area contributed by atoms with Crippen LogP contribution in [-0.2, 0) is 9.84 Å². The molecule has 1 aromatic heterocycles. The van der Waals surface area contributed by atoms with Gasteiger partial charge >= 0.3 is 0 Å². The molecular weight excluding hydrogens is 312 g/mol. The Balaban J connectivity index is 1.82. The molecule has 1 aliphatic heterocycles. The molecule has 23 heavy (non-hydrogen) atoms. The molecule has 0 aliphatic carbocycles. The molecule has 1 atom stereocenters. The van der Waals surface area contributed by atoms with Gasteiger partial charge in [0, 0.05) is 17.6 Å². The molecule has 1 amide bonds. The molecule has 3 rings (SSSR count). The largest absolute Gasteiger partial charge is 0.352 e. The summed E-state index contributed by atoms with van der Waals surface area (Å²) in [6.45, 7) is 4.23. The predicted octanol–water partition coefficient (Wildman–Crippen LogP) is 2.02. The van der Waals surface area contributed by atoms with Gasteiger partial charge in [-0.05, 0) is 44.4 Å². The number of pyridine rings is 1. The number of fused-ring (bicyclic) bond motifs is 1. The van der Waals surface area contributed by atoms with Gasteiger partial charge in [0.05, 0.1) is 22.6 Å².